The molecule has 0 radical (unpaired) electrons. The Bertz CT molecular complexity index is 488. The van der Waals surface area contributed by atoms with Gasteiger partial charge >= 0.3 is 6.03 Å². The summed E-state index contributed by atoms with van der Waals surface area (Å²) in [5.74, 6) is 0.867. The van der Waals surface area contributed by atoms with Crippen molar-refractivity contribution in [3.05, 3.63) is 29.8 Å². The monoisotopic (exact) mass is 320 g/mol. The normalized spacial score (nSPS) is 18.1. The highest BCUT2D eigenvalue weighted by Crippen LogP contribution is 2.17. The van der Waals surface area contributed by atoms with Crippen LogP contribution < -0.4 is 10.1 Å². The van der Waals surface area contributed by atoms with Gasteiger partial charge in [-0.3, -0.25) is 0 Å². The second kappa shape index (κ2) is 8.77. The number of carbonyl (C=O) groups is 1. The number of likely N-dealkylation sites (tertiary alicyclic amines) is 1. The molecule has 2 rings (SSSR count). The van der Waals surface area contributed by atoms with Gasteiger partial charge in [0.05, 0.1) is 18.8 Å². The Hall–Kier alpha value is -1.75. The SMILES string of the molecule is CC(C)Oc1ccc(CCNC(=O)N2CCCC[C@H]2CO)cc1. The molecule has 5 heteroatoms. The fourth-order valence-electron chi connectivity index (χ4n) is 2.88. The molecule has 1 aromatic rings. The number of nitrogens with zero attached hydrogens (tertiary/aromatic N) is 1. The van der Waals surface area contributed by atoms with Gasteiger partial charge in [-0.25, -0.2) is 4.79 Å². The van der Waals surface area contributed by atoms with Crippen molar-refractivity contribution in [1.82, 2.24) is 10.2 Å². The third kappa shape index (κ3) is 5.43. The Kier molecular flexibility index (Phi) is 6.71. The summed E-state index contributed by atoms with van der Waals surface area (Å²) in [6, 6.07) is 7.88. The number of nitrogens with one attached hydrogen (secondary N) is 1. The molecule has 0 bridgehead atoms. The average molecular weight is 320 g/mol. The number of rotatable bonds is 6. The first-order chi connectivity index (χ1) is 11.1. The molecule has 1 atom stereocenters. The number of hydrogen-bond donors (Lipinski definition) is 2. The van der Waals surface area contributed by atoms with Gasteiger partial charge in [0.25, 0.3) is 0 Å². The van der Waals surface area contributed by atoms with Crippen molar-refractivity contribution in [2.24, 2.45) is 0 Å². The van der Waals surface area contributed by atoms with Gasteiger partial charge in [0.2, 0.25) is 0 Å². The van der Waals surface area contributed by atoms with E-state index < -0.39 is 0 Å². The summed E-state index contributed by atoms with van der Waals surface area (Å²) in [5, 5.41) is 12.3. The molecule has 1 saturated heterocycles. The molecule has 2 amide bonds. The molecule has 5 nitrogen and oxygen atoms in total. The highest BCUT2D eigenvalue weighted by atomic mass is 16.5. The Morgan fingerprint density at radius 3 is 2.74 bits per heavy atom. The van der Waals surface area contributed by atoms with E-state index >= 15 is 0 Å². The molecule has 0 saturated carbocycles. The lowest BCUT2D eigenvalue weighted by atomic mass is 10.0. The molecule has 23 heavy (non-hydrogen) atoms. The maximum Gasteiger partial charge on any atom is 0.317 e. The van der Waals surface area contributed by atoms with Crippen LogP contribution in [0.25, 0.3) is 0 Å². The Morgan fingerprint density at radius 2 is 2.09 bits per heavy atom. The summed E-state index contributed by atoms with van der Waals surface area (Å²) < 4.78 is 5.62. The van der Waals surface area contributed by atoms with E-state index in [1.807, 2.05) is 38.1 Å². The van der Waals surface area contributed by atoms with Crippen molar-refractivity contribution in [1.29, 1.82) is 0 Å². The van der Waals surface area contributed by atoms with E-state index in [9.17, 15) is 9.90 Å². The van der Waals surface area contributed by atoms with Crippen LogP contribution in [0.1, 0.15) is 38.7 Å². The zero-order chi connectivity index (χ0) is 16.7. The van der Waals surface area contributed by atoms with Crippen LogP contribution in [0.15, 0.2) is 24.3 Å². The molecule has 0 spiro atoms. The minimum absolute atomic E-state index is 0.0313. The van der Waals surface area contributed by atoms with Gasteiger partial charge in [-0.05, 0) is 57.2 Å². The van der Waals surface area contributed by atoms with Crippen LogP contribution in [-0.4, -0.2) is 47.9 Å². The highest BCUT2D eigenvalue weighted by Gasteiger charge is 2.25. The van der Waals surface area contributed by atoms with E-state index in [1.165, 1.54) is 5.56 Å². The van der Waals surface area contributed by atoms with Crippen LogP contribution in [0.5, 0.6) is 5.75 Å². The fourth-order valence-corrected chi connectivity index (χ4v) is 2.88. The van der Waals surface area contributed by atoms with Crippen LogP contribution in [0, 0.1) is 0 Å². The molecule has 2 N–H and O–H groups in total. The maximum atomic E-state index is 12.2. The van der Waals surface area contributed by atoms with Crippen LogP contribution in [0.2, 0.25) is 0 Å². The zero-order valence-electron chi connectivity index (χ0n) is 14.1. The molecular formula is C18H28N2O3. The van der Waals surface area contributed by atoms with Gasteiger partial charge in [-0.1, -0.05) is 12.1 Å². The van der Waals surface area contributed by atoms with Crippen molar-refractivity contribution in [2.75, 3.05) is 19.7 Å². The standard InChI is InChI=1S/C18H28N2O3/c1-14(2)23-17-8-6-15(7-9-17)10-11-19-18(22)20-12-4-3-5-16(20)13-21/h6-9,14,16,21H,3-5,10-13H2,1-2H3,(H,19,22)/t16-/m0/s1. The second-order valence-corrected chi connectivity index (χ2v) is 6.32. The molecule has 1 aromatic carbocycles. The van der Waals surface area contributed by atoms with E-state index in [0.717, 1.165) is 38.0 Å². The number of piperidine rings is 1. The predicted molar refractivity (Wildman–Crippen MR) is 90.7 cm³/mol. The minimum atomic E-state index is -0.0662. The van der Waals surface area contributed by atoms with Gasteiger partial charge in [-0.2, -0.15) is 0 Å². The van der Waals surface area contributed by atoms with Gasteiger partial charge in [-0.15, -0.1) is 0 Å². The number of amides is 2. The fraction of sp³-hybridized carbons (Fsp3) is 0.611. The molecule has 1 aliphatic rings. The molecule has 0 aromatic heterocycles. The summed E-state index contributed by atoms with van der Waals surface area (Å²) in [4.78, 5) is 14.0. The van der Waals surface area contributed by atoms with Gasteiger partial charge in [0, 0.05) is 13.1 Å². The Morgan fingerprint density at radius 1 is 1.35 bits per heavy atom. The molecule has 1 fully saturated rings. The van der Waals surface area contributed by atoms with E-state index in [4.69, 9.17) is 4.74 Å². The summed E-state index contributed by atoms with van der Waals surface area (Å²) in [7, 11) is 0. The third-order valence-corrected chi connectivity index (χ3v) is 4.08. The van der Waals surface area contributed by atoms with E-state index in [1.54, 1.807) is 4.90 Å². The smallest absolute Gasteiger partial charge is 0.317 e. The highest BCUT2D eigenvalue weighted by molar-refractivity contribution is 5.74. The quantitative estimate of drug-likeness (QED) is 0.847. The van der Waals surface area contributed by atoms with Crippen molar-refractivity contribution in [3.63, 3.8) is 0 Å². The Balaban J connectivity index is 1.76. The lowest BCUT2D eigenvalue weighted by Gasteiger charge is -2.34. The van der Waals surface area contributed by atoms with Crippen LogP contribution in [-0.2, 0) is 6.42 Å². The second-order valence-electron chi connectivity index (χ2n) is 6.32. The van der Waals surface area contributed by atoms with E-state index in [2.05, 4.69) is 5.32 Å². The summed E-state index contributed by atoms with van der Waals surface area (Å²) in [6.45, 7) is 5.38. The van der Waals surface area contributed by atoms with Gasteiger partial charge in [0.1, 0.15) is 5.75 Å². The predicted octanol–water partition coefficient (Wildman–Crippen LogP) is 2.57. The van der Waals surface area contributed by atoms with Crippen LogP contribution in [0.3, 0.4) is 0 Å². The van der Waals surface area contributed by atoms with Crippen molar-refractivity contribution in [2.45, 2.75) is 51.7 Å². The third-order valence-electron chi connectivity index (χ3n) is 4.08. The van der Waals surface area contributed by atoms with Crippen molar-refractivity contribution in [3.8, 4) is 5.75 Å². The number of hydrogen-bond acceptors (Lipinski definition) is 3. The zero-order valence-corrected chi connectivity index (χ0v) is 14.1. The number of carbonyl (C=O) groups excluding carboxylic acids is 1. The van der Waals surface area contributed by atoms with Gasteiger partial charge in [0.15, 0.2) is 0 Å². The van der Waals surface area contributed by atoms with Crippen LogP contribution in [0.4, 0.5) is 4.79 Å². The molecule has 128 valence electrons. The first kappa shape index (κ1) is 17.6. The minimum Gasteiger partial charge on any atom is -0.491 e. The number of urea groups is 1. The lowest BCUT2D eigenvalue weighted by molar-refractivity contribution is 0.108. The molecule has 1 aliphatic heterocycles. The molecule has 1 heterocycles. The lowest BCUT2D eigenvalue weighted by Crippen LogP contribution is -2.50. The van der Waals surface area contributed by atoms with Crippen molar-refractivity contribution < 1.29 is 14.6 Å². The largest absolute Gasteiger partial charge is 0.491 e. The maximum absolute atomic E-state index is 12.2. The average Bonchev–Trinajstić information content (AvgIpc) is 2.55. The first-order valence-electron chi connectivity index (χ1n) is 8.51. The molecule has 0 unspecified atom stereocenters. The molecular weight excluding hydrogens is 292 g/mol. The van der Waals surface area contributed by atoms with Crippen molar-refractivity contribution >= 4 is 6.03 Å². The molecule has 0 aliphatic carbocycles. The number of benzene rings is 1. The summed E-state index contributed by atoms with van der Waals surface area (Å²) in [5.41, 5.74) is 1.17. The van der Waals surface area contributed by atoms with Gasteiger partial charge < -0.3 is 20.1 Å². The summed E-state index contributed by atoms with van der Waals surface area (Å²) >= 11 is 0. The van der Waals surface area contributed by atoms with Crippen LogP contribution >= 0.6 is 0 Å². The van der Waals surface area contributed by atoms with E-state index in [0.29, 0.717) is 6.54 Å². The topological polar surface area (TPSA) is 61.8 Å². The first-order valence-corrected chi connectivity index (χ1v) is 8.51. The number of aliphatic hydroxyl groups is 1. The summed E-state index contributed by atoms with van der Waals surface area (Å²) in [6.07, 6.45) is 3.94. The Labute approximate surface area is 138 Å². The number of ether oxygens (including phenoxy) is 1. The number of aliphatic hydroxyl groups excluding tert-OH is 1. The van der Waals surface area contributed by atoms with E-state index in [-0.39, 0.29) is 24.8 Å².